The molecule has 96 valence electrons. The number of piperidine rings is 1. The van der Waals surface area contributed by atoms with Crippen LogP contribution in [-0.4, -0.2) is 25.4 Å². The van der Waals surface area contributed by atoms with E-state index in [1.165, 1.54) is 4.31 Å². The number of halogens is 1. The average molecular weight is 295 g/mol. The standard InChI is InChI=1S/C10H15ClN2O2S2/c1-7-6-9(16-10(7)11)17(14,15)13-5-3-2-4-8(13)12/h6,8H,2-5,12H2,1H3. The Morgan fingerprint density at radius 1 is 1.53 bits per heavy atom. The van der Waals surface area contributed by atoms with E-state index in [0.717, 1.165) is 36.2 Å². The van der Waals surface area contributed by atoms with Crippen molar-refractivity contribution >= 4 is 33.0 Å². The third kappa shape index (κ3) is 2.51. The van der Waals surface area contributed by atoms with E-state index >= 15 is 0 Å². The lowest BCUT2D eigenvalue weighted by Crippen LogP contribution is -2.48. The lowest BCUT2D eigenvalue weighted by atomic mass is 10.1. The third-order valence-corrected chi connectivity index (χ3v) is 6.82. The molecule has 2 N–H and O–H groups in total. The van der Waals surface area contributed by atoms with Gasteiger partial charge in [-0.2, -0.15) is 4.31 Å². The number of hydrogen-bond donors (Lipinski definition) is 1. The van der Waals surface area contributed by atoms with Gasteiger partial charge in [0.05, 0.1) is 10.5 Å². The fourth-order valence-corrected chi connectivity index (χ4v) is 5.32. The number of hydrogen-bond acceptors (Lipinski definition) is 4. The van der Waals surface area contributed by atoms with Gasteiger partial charge in [0.15, 0.2) is 0 Å². The van der Waals surface area contributed by atoms with Crippen molar-refractivity contribution in [1.29, 1.82) is 0 Å². The molecule has 4 nitrogen and oxygen atoms in total. The molecule has 0 aromatic carbocycles. The van der Waals surface area contributed by atoms with E-state index in [2.05, 4.69) is 0 Å². The van der Waals surface area contributed by atoms with Crippen LogP contribution in [0.2, 0.25) is 4.34 Å². The maximum atomic E-state index is 12.4. The highest BCUT2D eigenvalue weighted by Crippen LogP contribution is 2.33. The normalized spacial score (nSPS) is 22.9. The second kappa shape index (κ2) is 4.85. The molecule has 1 aliphatic heterocycles. The van der Waals surface area contributed by atoms with Gasteiger partial charge < -0.3 is 5.73 Å². The van der Waals surface area contributed by atoms with Gasteiger partial charge in [-0.3, -0.25) is 0 Å². The predicted octanol–water partition coefficient (Wildman–Crippen LogP) is 2.17. The molecule has 0 radical (unpaired) electrons. The van der Waals surface area contributed by atoms with Crippen molar-refractivity contribution in [2.75, 3.05) is 6.54 Å². The first-order valence-corrected chi connectivity index (χ1v) is 8.10. The third-order valence-electron chi connectivity index (χ3n) is 2.90. The first kappa shape index (κ1) is 13.3. The fourth-order valence-electron chi connectivity index (χ4n) is 1.90. The lowest BCUT2D eigenvalue weighted by Gasteiger charge is -2.31. The summed E-state index contributed by atoms with van der Waals surface area (Å²) in [7, 11) is -3.47. The second-order valence-electron chi connectivity index (χ2n) is 4.20. The Balaban J connectivity index is 2.35. The summed E-state index contributed by atoms with van der Waals surface area (Å²) in [6, 6.07) is 1.61. The lowest BCUT2D eigenvalue weighted by molar-refractivity contribution is 0.258. The molecule has 2 rings (SSSR count). The van der Waals surface area contributed by atoms with Gasteiger partial charge in [-0.05, 0) is 37.8 Å². The molecule has 0 saturated carbocycles. The van der Waals surface area contributed by atoms with Gasteiger partial charge in [0.25, 0.3) is 10.0 Å². The van der Waals surface area contributed by atoms with E-state index in [1.807, 2.05) is 0 Å². The van der Waals surface area contributed by atoms with E-state index < -0.39 is 16.2 Å². The van der Waals surface area contributed by atoms with Crippen LogP contribution in [0.15, 0.2) is 10.3 Å². The average Bonchev–Trinajstić information content (AvgIpc) is 2.60. The molecule has 1 atom stereocenters. The Bertz CT molecular complexity index is 493. The van der Waals surface area contributed by atoms with E-state index in [9.17, 15) is 8.42 Å². The molecule has 1 aromatic rings. The van der Waals surface area contributed by atoms with Crippen LogP contribution in [0.1, 0.15) is 24.8 Å². The van der Waals surface area contributed by atoms with E-state index in [-0.39, 0.29) is 4.21 Å². The number of nitrogens with zero attached hydrogens (tertiary/aromatic N) is 1. The first-order chi connectivity index (χ1) is 7.93. The first-order valence-electron chi connectivity index (χ1n) is 5.46. The van der Waals surface area contributed by atoms with Gasteiger partial charge in [-0.1, -0.05) is 11.6 Å². The second-order valence-corrected chi connectivity index (χ2v) is 7.97. The molecular formula is C10H15ClN2O2S2. The molecule has 2 heterocycles. The monoisotopic (exact) mass is 294 g/mol. The Morgan fingerprint density at radius 2 is 2.24 bits per heavy atom. The van der Waals surface area contributed by atoms with Crippen molar-refractivity contribution in [2.45, 2.75) is 36.6 Å². The molecule has 1 aliphatic rings. The maximum absolute atomic E-state index is 12.4. The minimum atomic E-state index is -3.47. The molecule has 0 spiro atoms. The summed E-state index contributed by atoms with van der Waals surface area (Å²) in [6.07, 6.45) is 2.16. The molecule has 0 aliphatic carbocycles. The van der Waals surface area contributed by atoms with Gasteiger partial charge in [0.1, 0.15) is 4.21 Å². The van der Waals surface area contributed by atoms with Crippen molar-refractivity contribution in [1.82, 2.24) is 4.31 Å². The molecule has 1 fully saturated rings. The molecule has 17 heavy (non-hydrogen) atoms. The Morgan fingerprint density at radius 3 is 2.76 bits per heavy atom. The SMILES string of the molecule is Cc1cc(S(=O)(=O)N2CCCCC2N)sc1Cl. The zero-order valence-electron chi connectivity index (χ0n) is 9.52. The molecule has 0 amide bonds. The molecule has 1 aromatic heterocycles. The summed E-state index contributed by atoms with van der Waals surface area (Å²) in [6.45, 7) is 2.30. The largest absolute Gasteiger partial charge is 0.315 e. The van der Waals surface area contributed by atoms with Crippen LogP contribution in [0.4, 0.5) is 0 Å². The van der Waals surface area contributed by atoms with E-state index in [0.29, 0.717) is 10.9 Å². The highest BCUT2D eigenvalue weighted by atomic mass is 35.5. The van der Waals surface area contributed by atoms with E-state index in [1.54, 1.807) is 13.0 Å². The number of nitrogens with two attached hydrogens (primary N) is 1. The Labute approximate surface area is 110 Å². The zero-order chi connectivity index (χ0) is 12.6. The Hall–Kier alpha value is -0.140. The van der Waals surface area contributed by atoms with Gasteiger partial charge >= 0.3 is 0 Å². The molecule has 0 bridgehead atoms. The van der Waals surface area contributed by atoms with Crippen molar-refractivity contribution in [3.05, 3.63) is 16.0 Å². The minimum absolute atomic E-state index is 0.289. The number of thiophene rings is 1. The molecule has 1 unspecified atom stereocenters. The van der Waals surface area contributed by atoms with Crippen LogP contribution in [0, 0.1) is 6.92 Å². The van der Waals surface area contributed by atoms with Crippen molar-refractivity contribution < 1.29 is 8.42 Å². The summed E-state index contributed by atoms with van der Waals surface area (Å²) in [5, 5.41) is 0. The molecular weight excluding hydrogens is 280 g/mol. The van der Waals surface area contributed by atoms with Gasteiger partial charge in [-0.15, -0.1) is 11.3 Å². The summed E-state index contributed by atoms with van der Waals surface area (Å²) >= 11 is 7.01. The van der Waals surface area contributed by atoms with Crippen molar-refractivity contribution in [3.63, 3.8) is 0 Å². The quantitative estimate of drug-likeness (QED) is 0.909. The predicted molar refractivity (Wildman–Crippen MR) is 69.8 cm³/mol. The van der Waals surface area contributed by atoms with Crippen LogP contribution in [0.25, 0.3) is 0 Å². The minimum Gasteiger partial charge on any atom is -0.315 e. The maximum Gasteiger partial charge on any atom is 0.253 e. The number of sulfonamides is 1. The van der Waals surface area contributed by atoms with Crippen LogP contribution in [-0.2, 0) is 10.0 Å². The van der Waals surface area contributed by atoms with Crippen LogP contribution in [0.3, 0.4) is 0 Å². The fraction of sp³-hybridized carbons (Fsp3) is 0.600. The van der Waals surface area contributed by atoms with Gasteiger partial charge in [-0.25, -0.2) is 8.42 Å². The summed E-state index contributed by atoms with van der Waals surface area (Å²) in [5.74, 6) is 0. The molecule has 1 saturated heterocycles. The van der Waals surface area contributed by atoms with Crippen LogP contribution < -0.4 is 5.73 Å². The van der Waals surface area contributed by atoms with Crippen LogP contribution >= 0.6 is 22.9 Å². The van der Waals surface area contributed by atoms with E-state index in [4.69, 9.17) is 17.3 Å². The van der Waals surface area contributed by atoms with Gasteiger partial charge in [0, 0.05) is 6.54 Å². The van der Waals surface area contributed by atoms with Gasteiger partial charge in [0.2, 0.25) is 0 Å². The number of rotatable bonds is 2. The molecule has 7 heteroatoms. The smallest absolute Gasteiger partial charge is 0.253 e. The highest BCUT2D eigenvalue weighted by Gasteiger charge is 2.32. The highest BCUT2D eigenvalue weighted by molar-refractivity contribution is 7.91. The van der Waals surface area contributed by atoms with Crippen LogP contribution in [0.5, 0.6) is 0 Å². The van der Waals surface area contributed by atoms with Crippen molar-refractivity contribution in [3.8, 4) is 0 Å². The summed E-state index contributed by atoms with van der Waals surface area (Å²) < 4.78 is 26.9. The zero-order valence-corrected chi connectivity index (χ0v) is 11.9. The number of aryl methyl sites for hydroxylation is 1. The Kier molecular flexibility index (Phi) is 3.80. The summed E-state index contributed by atoms with van der Waals surface area (Å²) in [5.41, 5.74) is 6.66. The van der Waals surface area contributed by atoms with Crippen molar-refractivity contribution in [2.24, 2.45) is 5.73 Å². The summed E-state index contributed by atoms with van der Waals surface area (Å²) in [4.78, 5) is 0. The topological polar surface area (TPSA) is 63.4 Å².